The van der Waals surface area contributed by atoms with Gasteiger partial charge < -0.3 is 19.9 Å². The molecule has 0 saturated heterocycles. The summed E-state index contributed by atoms with van der Waals surface area (Å²) < 4.78 is 9.86. The highest BCUT2D eigenvalue weighted by molar-refractivity contribution is 5.68. The van der Waals surface area contributed by atoms with Crippen molar-refractivity contribution in [3.8, 4) is 0 Å². The molecule has 1 amide bonds. The van der Waals surface area contributed by atoms with E-state index >= 15 is 0 Å². The predicted molar refractivity (Wildman–Crippen MR) is 70.6 cm³/mol. The van der Waals surface area contributed by atoms with Crippen molar-refractivity contribution in [1.29, 1.82) is 0 Å². The average Bonchev–Trinajstić information content (AvgIpc) is 2.19. The second-order valence-electron chi connectivity index (χ2n) is 5.79. The standard InChI is InChI=1S/C13H25NO5/c1-8(2)11(10(16)7-18-9(3)15)14-12(17)19-13(4,5)6/h8,10-11,16H,7H2,1-6H3,(H,14,17)/t10-,11-/m0/s1. The van der Waals surface area contributed by atoms with E-state index in [2.05, 4.69) is 5.32 Å². The minimum Gasteiger partial charge on any atom is -0.463 e. The van der Waals surface area contributed by atoms with Gasteiger partial charge in [0.25, 0.3) is 0 Å². The van der Waals surface area contributed by atoms with Gasteiger partial charge in [0.1, 0.15) is 18.3 Å². The van der Waals surface area contributed by atoms with E-state index in [9.17, 15) is 14.7 Å². The number of rotatable bonds is 5. The number of hydrogen-bond donors (Lipinski definition) is 2. The predicted octanol–water partition coefficient (Wildman–Crippen LogP) is 1.46. The topological polar surface area (TPSA) is 84.9 Å². The normalized spacial score (nSPS) is 14.7. The maximum atomic E-state index is 11.7. The van der Waals surface area contributed by atoms with Crippen molar-refractivity contribution in [3.05, 3.63) is 0 Å². The summed E-state index contributed by atoms with van der Waals surface area (Å²) in [5.41, 5.74) is -0.605. The number of nitrogens with one attached hydrogen (secondary N) is 1. The van der Waals surface area contributed by atoms with Gasteiger partial charge in [-0.2, -0.15) is 0 Å². The van der Waals surface area contributed by atoms with Gasteiger partial charge in [0.2, 0.25) is 0 Å². The largest absolute Gasteiger partial charge is 0.463 e. The third kappa shape index (κ3) is 8.42. The van der Waals surface area contributed by atoms with Crippen LogP contribution in [0.4, 0.5) is 4.79 Å². The van der Waals surface area contributed by atoms with Crippen LogP contribution in [-0.4, -0.2) is 41.5 Å². The SMILES string of the molecule is CC(=O)OC[C@H](O)[C@@H](NC(=O)OC(C)(C)C)C(C)C. The van der Waals surface area contributed by atoms with Crippen LogP contribution in [0.25, 0.3) is 0 Å². The summed E-state index contributed by atoms with van der Waals surface area (Å²) in [6.45, 7) is 10.1. The van der Waals surface area contributed by atoms with Crippen molar-refractivity contribution in [1.82, 2.24) is 5.32 Å². The Hall–Kier alpha value is -1.30. The van der Waals surface area contributed by atoms with Gasteiger partial charge >= 0.3 is 12.1 Å². The summed E-state index contributed by atoms with van der Waals surface area (Å²) in [7, 11) is 0. The fourth-order valence-corrected chi connectivity index (χ4v) is 1.46. The molecule has 0 bridgehead atoms. The quantitative estimate of drug-likeness (QED) is 0.742. The van der Waals surface area contributed by atoms with Gasteiger partial charge in [-0.15, -0.1) is 0 Å². The lowest BCUT2D eigenvalue weighted by Gasteiger charge is -2.28. The molecule has 0 aliphatic heterocycles. The molecule has 0 spiro atoms. The summed E-state index contributed by atoms with van der Waals surface area (Å²) in [5.74, 6) is -0.503. The van der Waals surface area contributed by atoms with Gasteiger partial charge in [-0.05, 0) is 26.7 Å². The number of aliphatic hydroxyl groups excluding tert-OH is 1. The third-order valence-corrected chi connectivity index (χ3v) is 2.27. The molecule has 0 fully saturated rings. The van der Waals surface area contributed by atoms with Crippen LogP contribution in [-0.2, 0) is 14.3 Å². The van der Waals surface area contributed by atoms with E-state index in [0.29, 0.717) is 0 Å². The Morgan fingerprint density at radius 1 is 1.26 bits per heavy atom. The molecule has 6 nitrogen and oxygen atoms in total. The second-order valence-corrected chi connectivity index (χ2v) is 5.79. The molecule has 0 heterocycles. The summed E-state index contributed by atoms with van der Waals surface area (Å²) in [6, 6.07) is -0.547. The molecule has 2 N–H and O–H groups in total. The van der Waals surface area contributed by atoms with Crippen molar-refractivity contribution in [2.75, 3.05) is 6.61 Å². The Morgan fingerprint density at radius 3 is 2.16 bits per heavy atom. The number of alkyl carbamates (subject to hydrolysis) is 1. The fraction of sp³-hybridized carbons (Fsp3) is 0.846. The maximum Gasteiger partial charge on any atom is 0.407 e. The minimum absolute atomic E-state index is 0.0296. The van der Waals surface area contributed by atoms with Crippen molar-refractivity contribution >= 4 is 12.1 Å². The molecule has 6 heteroatoms. The molecule has 0 rings (SSSR count). The van der Waals surface area contributed by atoms with Gasteiger partial charge in [-0.3, -0.25) is 4.79 Å². The van der Waals surface area contributed by atoms with Crippen LogP contribution in [0, 0.1) is 5.92 Å². The van der Waals surface area contributed by atoms with Crippen LogP contribution in [0.2, 0.25) is 0 Å². The summed E-state index contributed by atoms with van der Waals surface area (Å²) in [4.78, 5) is 22.4. The number of aliphatic hydroxyl groups is 1. The molecule has 0 aromatic heterocycles. The van der Waals surface area contributed by atoms with Gasteiger partial charge in [-0.1, -0.05) is 13.8 Å². The van der Waals surface area contributed by atoms with Gasteiger partial charge in [0.05, 0.1) is 6.04 Å². The molecular formula is C13H25NO5. The van der Waals surface area contributed by atoms with Crippen molar-refractivity contribution in [2.24, 2.45) is 5.92 Å². The van der Waals surface area contributed by atoms with Crippen LogP contribution >= 0.6 is 0 Å². The lowest BCUT2D eigenvalue weighted by molar-refractivity contribution is -0.144. The summed E-state index contributed by atoms with van der Waals surface area (Å²) in [6.07, 6.45) is -1.58. The summed E-state index contributed by atoms with van der Waals surface area (Å²) >= 11 is 0. The van der Waals surface area contributed by atoms with Crippen LogP contribution in [0.3, 0.4) is 0 Å². The number of carbonyl (C=O) groups is 2. The summed E-state index contributed by atoms with van der Waals surface area (Å²) in [5, 5.41) is 12.5. The van der Waals surface area contributed by atoms with Crippen molar-refractivity contribution in [3.63, 3.8) is 0 Å². The van der Waals surface area contributed by atoms with Crippen LogP contribution in [0.15, 0.2) is 0 Å². The van der Waals surface area contributed by atoms with E-state index in [1.165, 1.54) is 6.92 Å². The number of amides is 1. The zero-order valence-corrected chi connectivity index (χ0v) is 12.5. The lowest BCUT2D eigenvalue weighted by atomic mass is 9.99. The number of esters is 1. The molecule has 0 aliphatic carbocycles. The van der Waals surface area contributed by atoms with E-state index < -0.39 is 29.8 Å². The molecule has 0 aromatic rings. The van der Waals surface area contributed by atoms with Gasteiger partial charge in [-0.25, -0.2) is 4.79 Å². The Kier molecular flexibility index (Phi) is 6.83. The highest BCUT2D eigenvalue weighted by Gasteiger charge is 2.27. The zero-order chi connectivity index (χ0) is 15.2. The van der Waals surface area contributed by atoms with E-state index in [0.717, 1.165) is 0 Å². The lowest BCUT2D eigenvalue weighted by Crippen LogP contribution is -2.50. The highest BCUT2D eigenvalue weighted by Crippen LogP contribution is 2.11. The first-order valence-electron chi connectivity index (χ1n) is 6.34. The van der Waals surface area contributed by atoms with Gasteiger partial charge in [0.15, 0.2) is 0 Å². The van der Waals surface area contributed by atoms with Gasteiger partial charge in [0, 0.05) is 6.92 Å². The maximum absolute atomic E-state index is 11.7. The third-order valence-electron chi connectivity index (χ3n) is 2.27. The Balaban J connectivity index is 4.48. The van der Waals surface area contributed by atoms with E-state index in [-0.39, 0.29) is 12.5 Å². The van der Waals surface area contributed by atoms with Crippen molar-refractivity contribution < 1.29 is 24.2 Å². The van der Waals surface area contributed by atoms with Crippen molar-refractivity contribution in [2.45, 2.75) is 59.3 Å². The fourth-order valence-electron chi connectivity index (χ4n) is 1.46. The number of hydrogen-bond acceptors (Lipinski definition) is 5. The molecule has 2 atom stereocenters. The second kappa shape index (κ2) is 7.33. The minimum atomic E-state index is -0.976. The van der Waals surface area contributed by atoms with E-state index in [4.69, 9.17) is 9.47 Å². The first-order chi connectivity index (χ1) is 8.53. The molecular weight excluding hydrogens is 250 g/mol. The molecule has 19 heavy (non-hydrogen) atoms. The molecule has 0 unspecified atom stereocenters. The van der Waals surface area contributed by atoms with E-state index in [1.807, 2.05) is 13.8 Å². The Morgan fingerprint density at radius 2 is 1.79 bits per heavy atom. The molecule has 0 radical (unpaired) electrons. The first kappa shape index (κ1) is 17.7. The Bertz CT molecular complexity index is 309. The van der Waals surface area contributed by atoms with Crippen LogP contribution < -0.4 is 5.32 Å². The monoisotopic (exact) mass is 275 g/mol. The molecule has 0 aliphatic rings. The van der Waals surface area contributed by atoms with Crippen LogP contribution in [0.5, 0.6) is 0 Å². The zero-order valence-electron chi connectivity index (χ0n) is 12.5. The van der Waals surface area contributed by atoms with E-state index in [1.54, 1.807) is 20.8 Å². The smallest absolute Gasteiger partial charge is 0.407 e. The molecule has 0 aromatic carbocycles. The highest BCUT2D eigenvalue weighted by atomic mass is 16.6. The Labute approximate surface area is 114 Å². The number of ether oxygens (including phenoxy) is 2. The van der Waals surface area contributed by atoms with Crippen LogP contribution in [0.1, 0.15) is 41.5 Å². The number of carbonyl (C=O) groups excluding carboxylic acids is 2. The molecule has 112 valence electrons. The average molecular weight is 275 g/mol. The molecule has 0 saturated carbocycles. The first-order valence-corrected chi connectivity index (χ1v) is 6.34.